The minimum Gasteiger partial charge on any atom is -0.370 e. The van der Waals surface area contributed by atoms with Gasteiger partial charge in [-0.15, -0.1) is 0 Å². The van der Waals surface area contributed by atoms with E-state index in [1.165, 1.54) is 57.8 Å². The van der Waals surface area contributed by atoms with Gasteiger partial charge < -0.3 is 5.73 Å². The van der Waals surface area contributed by atoms with E-state index in [4.69, 9.17) is 5.73 Å². The summed E-state index contributed by atoms with van der Waals surface area (Å²) in [6.45, 7) is 0. The highest BCUT2D eigenvalue weighted by Gasteiger charge is 2.37. The molecule has 2 aliphatic rings. The Labute approximate surface area is 99.0 Å². The Balaban J connectivity index is 1.67. The molecule has 92 valence electrons. The van der Waals surface area contributed by atoms with E-state index >= 15 is 0 Å². The normalized spacial score (nSPS) is 25.0. The first-order chi connectivity index (χ1) is 7.70. The summed E-state index contributed by atoms with van der Waals surface area (Å²) in [6, 6.07) is 0. The Morgan fingerprint density at radius 3 is 2.31 bits per heavy atom. The third-order valence-electron chi connectivity index (χ3n) is 4.87. The Morgan fingerprint density at radius 1 is 1.12 bits per heavy atom. The molecule has 2 saturated carbocycles. The molecule has 0 radical (unpaired) electrons. The highest BCUT2D eigenvalue weighted by molar-refractivity contribution is 5.73. The molecule has 2 heteroatoms. The quantitative estimate of drug-likeness (QED) is 0.780. The lowest BCUT2D eigenvalue weighted by Crippen LogP contribution is -2.24. The van der Waals surface area contributed by atoms with Crippen LogP contribution in [0.15, 0.2) is 0 Å². The van der Waals surface area contributed by atoms with Crippen molar-refractivity contribution in [3.63, 3.8) is 0 Å². The van der Waals surface area contributed by atoms with E-state index in [9.17, 15) is 4.79 Å². The molecule has 1 spiro atoms. The number of nitrogens with two attached hydrogens (primary N) is 1. The largest absolute Gasteiger partial charge is 0.370 e. The minimum absolute atomic E-state index is 0.136. The van der Waals surface area contributed by atoms with Crippen LogP contribution < -0.4 is 5.73 Å². The summed E-state index contributed by atoms with van der Waals surface area (Å²) in [5.74, 6) is 0.744. The molecule has 2 nitrogen and oxygen atoms in total. The molecule has 0 saturated heterocycles. The Bertz CT molecular complexity index is 233. The van der Waals surface area contributed by atoms with Crippen LogP contribution in [-0.2, 0) is 4.79 Å². The molecule has 2 rings (SSSR count). The molecular weight excluding hydrogens is 198 g/mol. The molecule has 0 aromatic carbocycles. The lowest BCUT2D eigenvalue weighted by Gasteiger charge is -2.37. The molecule has 0 heterocycles. The second kappa shape index (κ2) is 5.20. The fraction of sp³-hybridized carbons (Fsp3) is 0.929. The summed E-state index contributed by atoms with van der Waals surface area (Å²) < 4.78 is 0. The predicted molar refractivity (Wildman–Crippen MR) is 65.9 cm³/mol. The Kier molecular flexibility index (Phi) is 3.88. The number of amides is 1. The summed E-state index contributed by atoms with van der Waals surface area (Å²) in [7, 11) is 0. The van der Waals surface area contributed by atoms with Crippen LogP contribution in [0.2, 0.25) is 0 Å². The van der Waals surface area contributed by atoms with Crippen LogP contribution in [0.4, 0.5) is 0 Å². The third kappa shape index (κ3) is 2.99. The standard InChI is InChI=1S/C14H25NO/c15-13(16)5-3-4-12-6-10-14(11-7-12)8-1-2-9-14/h12H,1-11H2,(H2,15,16). The zero-order chi connectivity index (χ0) is 11.4. The third-order valence-corrected chi connectivity index (χ3v) is 4.87. The lowest BCUT2D eigenvalue weighted by molar-refractivity contribution is -0.118. The molecule has 0 aromatic heterocycles. The van der Waals surface area contributed by atoms with E-state index in [0.717, 1.165) is 17.8 Å². The van der Waals surface area contributed by atoms with Crippen LogP contribution in [0.3, 0.4) is 0 Å². The molecule has 2 fully saturated rings. The Hall–Kier alpha value is -0.530. The highest BCUT2D eigenvalue weighted by Crippen LogP contribution is 2.50. The van der Waals surface area contributed by atoms with Crippen LogP contribution >= 0.6 is 0 Å². The van der Waals surface area contributed by atoms with E-state index in [-0.39, 0.29) is 5.91 Å². The average Bonchev–Trinajstić information content (AvgIpc) is 2.70. The van der Waals surface area contributed by atoms with Gasteiger partial charge in [-0.25, -0.2) is 0 Å². The average molecular weight is 223 g/mol. The summed E-state index contributed by atoms with van der Waals surface area (Å²) in [6.07, 6.45) is 14.4. The minimum atomic E-state index is -0.136. The fourth-order valence-corrected chi connectivity index (χ4v) is 3.77. The number of hydrogen-bond donors (Lipinski definition) is 1. The first kappa shape index (κ1) is 11.9. The van der Waals surface area contributed by atoms with Gasteiger partial charge in [-0.2, -0.15) is 0 Å². The van der Waals surface area contributed by atoms with Crippen molar-refractivity contribution in [3.8, 4) is 0 Å². The maximum Gasteiger partial charge on any atom is 0.217 e. The summed E-state index contributed by atoms with van der Waals surface area (Å²) in [5.41, 5.74) is 5.91. The summed E-state index contributed by atoms with van der Waals surface area (Å²) in [5, 5.41) is 0. The maximum absolute atomic E-state index is 10.7. The van der Waals surface area contributed by atoms with Crippen molar-refractivity contribution in [2.24, 2.45) is 17.1 Å². The van der Waals surface area contributed by atoms with Gasteiger partial charge in [-0.3, -0.25) is 4.79 Å². The van der Waals surface area contributed by atoms with Crippen molar-refractivity contribution in [2.45, 2.75) is 70.6 Å². The second-order valence-corrected chi connectivity index (χ2v) is 6.01. The number of carbonyl (C=O) groups excluding carboxylic acids is 1. The van der Waals surface area contributed by atoms with Crippen LogP contribution in [0.1, 0.15) is 70.6 Å². The number of primary amides is 1. The molecule has 2 aliphatic carbocycles. The molecule has 0 aliphatic heterocycles. The molecule has 0 aromatic rings. The van der Waals surface area contributed by atoms with Gasteiger partial charge in [0.05, 0.1) is 0 Å². The lowest BCUT2D eigenvalue weighted by atomic mass is 9.68. The monoisotopic (exact) mass is 223 g/mol. The van der Waals surface area contributed by atoms with Gasteiger partial charge in [0.1, 0.15) is 0 Å². The van der Waals surface area contributed by atoms with Gasteiger partial charge in [0.25, 0.3) is 0 Å². The first-order valence-electron chi connectivity index (χ1n) is 6.99. The van der Waals surface area contributed by atoms with E-state index < -0.39 is 0 Å². The van der Waals surface area contributed by atoms with Crippen LogP contribution in [0.5, 0.6) is 0 Å². The fourth-order valence-electron chi connectivity index (χ4n) is 3.77. The van der Waals surface area contributed by atoms with Gasteiger partial charge in [0.15, 0.2) is 0 Å². The number of hydrogen-bond acceptors (Lipinski definition) is 1. The predicted octanol–water partition coefficient (Wildman–Crippen LogP) is 3.39. The topological polar surface area (TPSA) is 43.1 Å². The van der Waals surface area contributed by atoms with Crippen molar-refractivity contribution >= 4 is 5.91 Å². The maximum atomic E-state index is 10.7. The Morgan fingerprint density at radius 2 is 1.75 bits per heavy atom. The summed E-state index contributed by atoms with van der Waals surface area (Å²) >= 11 is 0. The molecular formula is C14H25NO. The highest BCUT2D eigenvalue weighted by atomic mass is 16.1. The summed E-state index contributed by atoms with van der Waals surface area (Å²) in [4.78, 5) is 10.7. The molecule has 0 bridgehead atoms. The van der Waals surface area contributed by atoms with Crippen molar-refractivity contribution in [2.75, 3.05) is 0 Å². The van der Waals surface area contributed by atoms with Gasteiger partial charge in [-0.1, -0.05) is 12.8 Å². The van der Waals surface area contributed by atoms with Crippen LogP contribution in [0, 0.1) is 11.3 Å². The van der Waals surface area contributed by atoms with Crippen molar-refractivity contribution < 1.29 is 4.79 Å². The van der Waals surface area contributed by atoms with E-state index in [2.05, 4.69) is 0 Å². The molecule has 16 heavy (non-hydrogen) atoms. The van der Waals surface area contributed by atoms with Gasteiger partial charge in [-0.05, 0) is 62.7 Å². The van der Waals surface area contributed by atoms with Crippen molar-refractivity contribution in [3.05, 3.63) is 0 Å². The van der Waals surface area contributed by atoms with Crippen LogP contribution in [-0.4, -0.2) is 5.91 Å². The number of carbonyl (C=O) groups is 1. The molecule has 0 unspecified atom stereocenters. The van der Waals surface area contributed by atoms with Gasteiger partial charge in [0.2, 0.25) is 5.91 Å². The van der Waals surface area contributed by atoms with Gasteiger partial charge >= 0.3 is 0 Å². The van der Waals surface area contributed by atoms with E-state index in [0.29, 0.717) is 6.42 Å². The van der Waals surface area contributed by atoms with E-state index in [1.807, 2.05) is 0 Å². The van der Waals surface area contributed by atoms with Crippen molar-refractivity contribution in [1.82, 2.24) is 0 Å². The number of rotatable bonds is 4. The zero-order valence-electron chi connectivity index (χ0n) is 10.3. The molecule has 2 N–H and O–H groups in total. The SMILES string of the molecule is NC(=O)CCCC1CCC2(CCCC2)CC1. The molecule has 0 atom stereocenters. The van der Waals surface area contributed by atoms with Gasteiger partial charge in [0, 0.05) is 6.42 Å². The zero-order valence-corrected chi connectivity index (χ0v) is 10.3. The van der Waals surface area contributed by atoms with E-state index in [1.54, 1.807) is 0 Å². The smallest absolute Gasteiger partial charge is 0.217 e. The molecule has 1 amide bonds. The second-order valence-electron chi connectivity index (χ2n) is 6.01. The first-order valence-corrected chi connectivity index (χ1v) is 6.99. The van der Waals surface area contributed by atoms with Crippen LogP contribution in [0.25, 0.3) is 0 Å². The van der Waals surface area contributed by atoms with Crippen molar-refractivity contribution in [1.29, 1.82) is 0 Å².